The third-order valence-corrected chi connectivity index (χ3v) is 2.64. The summed E-state index contributed by atoms with van der Waals surface area (Å²) < 4.78 is 33.2. The number of aromatic hydroxyl groups is 1. The van der Waals surface area contributed by atoms with Gasteiger partial charge in [0.05, 0.1) is 10.7 Å². The van der Waals surface area contributed by atoms with Crippen LogP contribution in [0.15, 0.2) is 6.07 Å². The van der Waals surface area contributed by atoms with E-state index in [0.29, 0.717) is 0 Å². The van der Waals surface area contributed by atoms with Crippen molar-refractivity contribution in [1.82, 2.24) is 0 Å². The van der Waals surface area contributed by atoms with Crippen molar-refractivity contribution < 1.29 is 22.3 Å². The summed E-state index contributed by atoms with van der Waals surface area (Å²) in [5.74, 6) is -1.03. The van der Waals surface area contributed by atoms with Crippen LogP contribution in [-0.4, -0.2) is 18.1 Å². The van der Waals surface area contributed by atoms with Crippen molar-refractivity contribution in [2.45, 2.75) is 0 Å². The number of benzene rings is 1. The topological polar surface area (TPSA) is 110 Å². The van der Waals surface area contributed by atoms with E-state index in [2.05, 4.69) is 4.18 Å². The molecule has 0 aliphatic rings. The molecule has 0 amide bonds. The molecule has 0 atom stereocenters. The minimum atomic E-state index is -4.74. The summed E-state index contributed by atoms with van der Waals surface area (Å²) in [5, 5.41) is 8.67. The zero-order chi connectivity index (χ0) is 11.8. The predicted octanol–water partition coefficient (Wildman–Crippen LogP) is 1.46. The van der Waals surface area contributed by atoms with Gasteiger partial charge in [-0.3, -0.25) is 4.55 Å². The molecular weight excluding hydrogens is 269 g/mol. The lowest BCUT2D eigenvalue weighted by molar-refractivity contribution is 0.386. The van der Waals surface area contributed by atoms with Crippen molar-refractivity contribution in [2.75, 3.05) is 5.73 Å². The van der Waals surface area contributed by atoms with E-state index >= 15 is 0 Å². The Labute approximate surface area is 95.1 Å². The molecule has 4 N–H and O–H groups in total. The highest BCUT2D eigenvalue weighted by Gasteiger charge is 2.17. The molecule has 0 saturated heterocycles. The second-order valence-corrected chi connectivity index (χ2v) is 4.22. The van der Waals surface area contributed by atoms with Crippen LogP contribution in [-0.2, 0) is 10.4 Å². The molecule has 0 unspecified atom stereocenters. The molecule has 0 aliphatic carbocycles. The Hall–Kier alpha value is -0.890. The lowest BCUT2D eigenvalue weighted by Gasteiger charge is -2.08. The molecule has 1 aromatic rings. The predicted molar refractivity (Wildman–Crippen MR) is 54.7 cm³/mol. The van der Waals surface area contributed by atoms with Gasteiger partial charge in [0.2, 0.25) is 0 Å². The molecule has 1 aromatic carbocycles. The summed E-state index contributed by atoms with van der Waals surface area (Å²) >= 11 is 11.0. The number of rotatable bonds is 2. The van der Waals surface area contributed by atoms with Crippen LogP contribution in [0.5, 0.6) is 11.5 Å². The van der Waals surface area contributed by atoms with Crippen LogP contribution in [0.2, 0.25) is 10.0 Å². The molecule has 9 heteroatoms. The Balaban J connectivity index is 3.33. The van der Waals surface area contributed by atoms with Gasteiger partial charge in [0.1, 0.15) is 10.8 Å². The molecular formula is C6H5Cl2NO5S. The van der Waals surface area contributed by atoms with Crippen molar-refractivity contribution in [3.05, 3.63) is 16.1 Å². The first kappa shape index (κ1) is 12.2. The summed E-state index contributed by atoms with van der Waals surface area (Å²) in [6.07, 6.45) is 0. The number of hydrogen-bond donors (Lipinski definition) is 3. The van der Waals surface area contributed by atoms with E-state index in [9.17, 15) is 13.5 Å². The maximum Gasteiger partial charge on any atom is 0.446 e. The number of phenolic OH excluding ortho intramolecular Hbond substituents is 1. The van der Waals surface area contributed by atoms with Crippen LogP contribution in [0, 0.1) is 0 Å². The van der Waals surface area contributed by atoms with Crippen molar-refractivity contribution in [2.24, 2.45) is 0 Å². The Bertz CT molecular complexity index is 501. The van der Waals surface area contributed by atoms with Gasteiger partial charge in [0.25, 0.3) is 0 Å². The van der Waals surface area contributed by atoms with E-state index in [0.717, 1.165) is 6.07 Å². The number of nitrogens with two attached hydrogens (primary N) is 1. The van der Waals surface area contributed by atoms with Crippen molar-refractivity contribution in [3.8, 4) is 11.5 Å². The largest absolute Gasteiger partial charge is 0.506 e. The van der Waals surface area contributed by atoms with Crippen LogP contribution in [0.25, 0.3) is 0 Å². The normalized spacial score (nSPS) is 11.4. The van der Waals surface area contributed by atoms with Gasteiger partial charge in [-0.05, 0) is 0 Å². The highest BCUT2D eigenvalue weighted by atomic mass is 35.5. The van der Waals surface area contributed by atoms with Crippen molar-refractivity contribution in [1.29, 1.82) is 0 Å². The maximum atomic E-state index is 10.4. The van der Waals surface area contributed by atoms with Crippen LogP contribution >= 0.6 is 23.2 Å². The second kappa shape index (κ2) is 3.93. The minimum Gasteiger partial charge on any atom is -0.506 e. The third-order valence-electron chi connectivity index (χ3n) is 1.38. The van der Waals surface area contributed by atoms with Crippen LogP contribution < -0.4 is 9.92 Å². The van der Waals surface area contributed by atoms with Gasteiger partial charge in [-0.1, -0.05) is 23.2 Å². The second-order valence-electron chi connectivity index (χ2n) is 2.45. The first-order chi connectivity index (χ1) is 6.72. The average molecular weight is 274 g/mol. The monoisotopic (exact) mass is 273 g/mol. The summed E-state index contributed by atoms with van der Waals surface area (Å²) in [5.41, 5.74) is 5.02. The molecule has 0 radical (unpaired) electrons. The highest BCUT2D eigenvalue weighted by molar-refractivity contribution is 7.81. The molecule has 1 rings (SSSR count). The van der Waals surface area contributed by atoms with Crippen molar-refractivity contribution in [3.63, 3.8) is 0 Å². The Kier molecular flexibility index (Phi) is 3.19. The van der Waals surface area contributed by atoms with Crippen molar-refractivity contribution >= 4 is 39.3 Å². The minimum absolute atomic E-state index is 0.239. The first-order valence-electron chi connectivity index (χ1n) is 3.35. The molecule has 0 aromatic heterocycles. The lowest BCUT2D eigenvalue weighted by Crippen LogP contribution is -2.08. The molecule has 0 saturated carbocycles. The van der Waals surface area contributed by atoms with Crippen LogP contribution in [0.1, 0.15) is 0 Å². The molecule has 0 bridgehead atoms. The molecule has 6 nitrogen and oxygen atoms in total. The summed E-state index contributed by atoms with van der Waals surface area (Å²) in [7, 11) is -4.74. The fourth-order valence-corrected chi connectivity index (χ4v) is 1.50. The smallest absolute Gasteiger partial charge is 0.446 e. The highest BCUT2D eigenvalue weighted by Crippen LogP contribution is 2.42. The van der Waals surface area contributed by atoms with E-state index in [1.165, 1.54) is 0 Å². The van der Waals surface area contributed by atoms with E-state index in [1.54, 1.807) is 0 Å². The number of nitrogen functional groups attached to an aromatic ring is 1. The zero-order valence-electron chi connectivity index (χ0n) is 6.94. The van der Waals surface area contributed by atoms with E-state index in [4.69, 9.17) is 33.5 Å². The summed E-state index contributed by atoms with van der Waals surface area (Å²) in [4.78, 5) is 0. The fraction of sp³-hybridized carbons (Fsp3) is 0. The average Bonchev–Trinajstić information content (AvgIpc) is 2.08. The Morgan fingerprint density at radius 2 is 1.87 bits per heavy atom. The molecule has 0 fully saturated rings. The molecule has 84 valence electrons. The van der Waals surface area contributed by atoms with Gasteiger partial charge in [0, 0.05) is 6.07 Å². The standard InChI is InChI=1S/C6H5Cl2NO5S/c7-4-2(10)1-3(6(9)5(4)8)14-15(11,12)13/h1,10H,9H2,(H,11,12,13). The number of hydrogen-bond acceptors (Lipinski definition) is 5. The Morgan fingerprint density at radius 1 is 1.33 bits per heavy atom. The lowest BCUT2D eigenvalue weighted by atomic mass is 10.3. The van der Waals surface area contributed by atoms with Gasteiger partial charge in [0.15, 0.2) is 5.75 Å². The summed E-state index contributed by atoms with van der Waals surface area (Å²) in [6, 6.07) is 0.817. The number of anilines is 1. The SMILES string of the molecule is Nc1c(OS(=O)(=O)O)cc(O)c(Cl)c1Cl. The van der Waals surface area contributed by atoms with E-state index < -0.39 is 21.9 Å². The van der Waals surface area contributed by atoms with Gasteiger partial charge >= 0.3 is 10.4 Å². The zero-order valence-corrected chi connectivity index (χ0v) is 9.27. The molecule has 0 heterocycles. The van der Waals surface area contributed by atoms with E-state index in [-0.39, 0.29) is 15.7 Å². The van der Waals surface area contributed by atoms with Crippen LogP contribution in [0.4, 0.5) is 5.69 Å². The van der Waals surface area contributed by atoms with Gasteiger partial charge < -0.3 is 15.0 Å². The molecule has 0 aliphatic heterocycles. The first-order valence-corrected chi connectivity index (χ1v) is 5.48. The molecule has 15 heavy (non-hydrogen) atoms. The quantitative estimate of drug-likeness (QED) is 0.428. The van der Waals surface area contributed by atoms with Gasteiger partial charge in [-0.25, -0.2) is 0 Å². The Morgan fingerprint density at radius 3 is 2.33 bits per heavy atom. The maximum absolute atomic E-state index is 10.4. The number of halogens is 2. The van der Waals surface area contributed by atoms with Gasteiger partial charge in [-0.15, -0.1) is 0 Å². The third kappa shape index (κ3) is 2.78. The van der Waals surface area contributed by atoms with Crippen LogP contribution in [0.3, 0.4) is 0 Å². The van der Waals surface area contributed by atoms with Gasteiger partial charge in [-0.2, -0.15) is 8.42 Å². The van der Waals surface area contributed by atoms with E-state index in [1.807, 2.05) is 0 Å². The summed E-state index contributed by atoms with van der Waals surface area (Å²) in [6.45, 7) is 0. The molecule has 0 spiro atoms. The fourth-order valence-electron chi connectivity index (χ4n) is 0.787. The number of phenols is 1.